The van der Waals surface area contributed by atoms with E-state index in [1.807, 2.05) is 18.2 Å². The van der Waals surface area contributed by atoms with Crippen molar-refractivity contribution in [2.45, 2.75) is 39.5 Å². The largest absolute Gasteiger partial charge is 0.460 e. The molecule has 0 aliphatic rings. The maximum atomic E-state index is 11.7. The van der Waals surface area contributed by atoms with E-state index < -0.39 is 0 Å². The second kappa shape index (κ2) is 10.4. The quantitative estimate of drug-likeness (QED) is 0.478. The van der Waals surface area contributed by atoms with Crippen LogP contribution in [0.5, 0.6) is 0 Å². The summed E-state index contributed by atoms with van der Waals surface area (Å²) in [5, 5.41) is 0. The van der Waals surface area contributed by atoms with Gasteiger partial charge < -0.3 is 9.47 Å². The molecule has 0 aromatic heterocycles. The Bertz CT molecular complexity index is 362. The smallest absolute Gasteiger partial charge is 0.338 e. The minimum atomic E-state index is -0.285. The van der Waals surface area contributed by atoms with Gasteiger partial charge in [-0.05, 0) is 24.5 Å². The molecule has 1 aromatic rings. The van der Waals surface area contributed by atoms with Crippen LogP contribution in [0.25, 0.3) is 0 Å². The van der Waals surface area contributed by atoms with Gasteiger partial charge in [0.2, 0.25) is 0 Å². The van der Waals surface area contributed by atoms with Gasteiger partial charge >= 0.3 is 5.97 Å². The Morgan fingerprint density at radius 2 is 1.90 bits per heavy atom. The SMILES string of the molecule is CCCCC(CC)COCCOC(=O)c1ccccc1. The lowest BCUT2D eigenvalue weighted by Gasteiger charge is -2.14. The van der Waals surface area contributed by atoms with E-state index in [0.717, 1.165) is 13.0 Å². The average Bonchev–Trinajstić information content (AvgIpc) is 2.50. The minimum absolute atomic E-state index is 0.285. The molecule has 112 valence electrons. The number of hydrogen-bond acceptors (Lipinski definition) is 3. The Morgan fingerprint density at radius 1 is 1.15 bits per heavy atom. The Balaban J connectivity index is 2.11. The molecule has 0 saturated carbocycles. The lowest BCUT2D eigenvalue weighted by molar-refractivity contribution is 0.0246. The van der Waals surface area contributed by atoms with E-state index in [2.05, 4.69) is 13.8 Å². The molecule has 0 bridgehead atoms. The normalized spacial score (nSPS) is 12.1. The van der Waals surface area contributed by atoms with Crippen LogP contribution in [0.2, 0.25) is 0 Å². The minimum Gasteiger partial charge on any atom is -0.460 e. The topological polar surface area (TPSA) is 35.5 Å². The third kappa shape index (κ3) is 6.71. The van der Waals surface area contributed by atoms with Crippen molar-refractivity contribution < 1.29 is 14.3 Å². The fourth-order valence-corrected chi connectivity index (χ4v) is 2.00. The molecule has 1 rings (SSSR count). The van der Waals surface area contributed by atoms with Gasteiger partial charge in [-0.15, -0.1) is 0 Å². The van der Waals surface area contributed by atoms with Crippen LogP contribution in [0.1, 0.15) is 49.9 Å². The first-order valence-corrected chi connectivity index (χ1v) is 7.57. The predicted octanol–water partition coefficient (Wildman–Crippen LogP) is 4.08. The van der Waals surface area contributed by atoms with Gasteiger partial charge in [0.05, 0.1) is 12.2 Å². The molecule has 1 aromatic carbocycles. The molecule has 0 amide bonds. The molecule has 20 heavy (non-hydrogen) atoms. The molecular weight excluding hydrogens is 252 g/mol. The molecule has 0 spiro atoms. The zero-order chi connectivity index (χ0) is 14.6. The van der Waals surface area contributed by atoms with Crippen LogP contribution in [-0.2, 0) is 9.47 Å². The van der Waals surface area contributed by atoms with E-state index in [9.17, 15) is 4.79 Å². The molecule has 0 aliphatic carbocycles. The summed E-state index contributed by atoms with van der Waals surface area (Å²) < 4.78 is 10.8. The second-order valence-electron chi connectivity index (χ2n) is 4.99. The summed E-state index contributed by atoms with van der Waals surface area (Å²) in [4.78, 5) is 11.7. The zero-order valence-corrected chi connectivity index (χ0v) is 12.6. The summed E-state index contributed by atoms with van der Waals surface area (Å²) in [5.41, 5.74) is 0.585. The highest BCUT2D eigenvalue weighted by Crippen LogP contribution is 2.12. The Hall–Kier alpha value is -1.35. The van der Waals surface area contributed by atoms with Gasteiger partial charge in [-0.3, -0.25) is 0 Å². The Labute approximate surface area is 122 Å². The monoisotopic (exact) mass is 278 g/mol. The lowest BCUT2D eigenvalue weighted by atomic mass is 10.0. The molecule has 0 heterocycles. The summed E-state index contributed by atoms with van der Waals surface area (Å²) in [7, 11) is 0. The van der Waals surface area contributed by atoms with Gasteiger partial charge in [-0.1, -0.05) is 51.3 Å². The van der Waals surface area contributed by atoms with E-state index in [1.54, 1.807) is 12.1 Å². The van der Waals surface area contributed by atoms with Crippen LogP contribution in [0, 0.1) is 5.92 Å². The summed E-state index contributed by atoms with van der Waals surface area (Å²) >= 11 is 0. The number of hydrogen-bond donors (Lipinski definition) is 0. The molecule has 0 fully saturated rings. The van der Waals surface area contributed by atoms with Crippen molar-refractivity contribution in [1.29, 1.82) is 0 Å². The number of unbranched alkanes of at least 4 members (excludes halogenated alkanes) is 1. The van der Waals surface area contributed by atoms with Gasteiger partial charge in [0.15, 0.2) is 0 Å². The Kier molecular flexibility index (Phi) is 8.72. The highest BCUT2D eigenvalue weighted by Gasteiger charge is 2.07. The van der Waals surface area contributed by atoms with Crippen LogP contribution in [0.3, 0.4) is 0 Å². The molecule has 0 saturated heterocycles. The highest BCUT2D eigenvalue weighted by atomic mass is 16.6. The summed E-state index contributed by atoms with van der Waals surface area (Å²) in [5.74, 6) is 0.340. The van der Waals surface area contributed by atoms with E-state index in [1.165, 1.54) is 19.3 Å². The molecule has 1 atom stereocenters. The van der Waals surface area contributed by atoms with Crippen molar-refractivity contribution in [3.63, 3.8) is 0 Å². The van der Waals surface area contributed by atoms with Crippen molar-refractivity contribution in [3.05, 3.63) is 35.9 Å². The summed E-state index contributed by atoms with van der Waals surface area (Å²) in [6.45, 7) is 5.95. The zero-order valence-electron chi connectivity index (χ0n) is 12.6. The molecular formula is C17H26O3. The van der Waals surface area contributed by atoms with Crippen LogP contribution in [-0.4, -0.2) is 25.8 Å². The van der Waals surface area contributed by atoms with Gasteiger partial charge in [0.25, 0.3) is 0 Å². The molecule has 3 heteroatoms. The van der Waals surface area contributed by atoms with Crippen molar-refractivity contribution in [2.75, 3.05) is 19.8 Å². The van der Waals surface area contributed by atoms with Crippen molar-refractivity contribution in [1.82, 2.24) is 0 Å². The number of benzene rings is 1. The first kappa shape index (κ1) is 16.7. The molecule has 1 unspecified atom stereocenters. The third-order valence-electron chi connectivity index (χ3n) is 3.37. The van der Waals surface area contributed by atoms with Crippen molar-refractivity contribution >= 4 is 5.97 Å². The number of rotatable bonds is 10. The predicted molar refractivity (Wildman–Crippen MR) is 80.8 cm³/mol. The summed E-state index contributed by atoms with van der Waals surface area (Å²) in [6.07, 6.45) is 4.84. The van der Waals surface area contributed by atoms with Gasteiger partial charge in [0.1, 0.15) is 6.61 Å². The fourth-order valence-electron chi connectivity index (χ4n) is 2.00. The fraction of sp³-hybridized carbons (Fsp3) is 0.588. The summed E-state index contributed by atoms with van der Waals surface area (Å²) in [6, 6.07) is 9.03. The molecule has 0 N–H and O–H groups in total. The second-order valence-corrected chi connectivity index (χ2v) is 4.99. The number of carbonyl (C=O) groups excluding carboxylic acids is 1. The van der Waals surface area contributed by atoms with E-state index in [4.69, 9.17) is 9.47 Å². The molecule has 3 nitrogen and oxygen atoms in total. The molecule has 0 radical (unpaired) electrons. The van der Waals surface area contributed by atoms with Gasteiger partial charge in [0, 0.05) is 6.61 Å². The maximum absolute atomic E-state index is 11.7. The van der Waals surface area contributed by atoms with E-state index in [-0.39, 0.29) is 5.97 Å². The van der Waals surface area contributed by atoms with Crippen LogP contribution in [0.4, 0.5) is 0 Å². The third-order valence-corrected chi connectivity index (χ3v) is 3.37. The number of esters is 1. The van der Waals surface area contributed by atoms with Gasteiger partial charge in [-0.2, -0.15) is 0 Å². The highest BCUT2D eigenvalue weighted by molar-refractivity contribution is 5.89. The van der Waals surface area contributed by atoms with E-state index in [0.29, 0.717) is 24.7 Å². The van der Waals surface area contributed by atoms with E-state index >= 15 is 0 Å². The number of carbonyl (C=O) groups is 1. The van der Waals surface area contributed by atoms with Crippen molar-refractivity contribution in [2.24, 2.45) is 5.92 Å². The van der Waals surface area contributed by atoms with Crippen LogP contribution < -0.4 is 0 Å². The standard InChI is InChI=1S/C17H26O3/c1-3-5-9-15(4-2)14-19-12-13-20-17(18)16-10-7-6-8-11-16/h6-8,10-11,15H,3-5,9,12-14H2,1-2H3. The first-order chi connectivity index (χ1) is 9.77. The molecule has 0 aliphatic heterocycles. The first-order valence-electron chi connectivity index (χ1n) is 7.57. The average molecular weight is 278 g/mol. The van der Waals surface area contributed by atoms with Crippen molar-refractivity contribution in [3.8, 4) is 0 Å². The van der Waals surface area contributed by atoms with Gasteiger partial charge in [-0.25, -0.2) is 4.79 Å². The Morgan fingerprint density at radius 3 is 2.55 bits per heavy atom. The maximum Gasteiger partial charge on any atom is 0.338 e. The van der Waals surface area contributed by atoms with Crippen LogP contribution in [0.15, 0.2) is 30.3 Å². The number of ether oxygens (including phenoxy) is 2. The van der Waals surface area contributed by atoms with Crippen LogP contribution >= 0.6 is 0 Å². The lowest BCUT2D eigenvalue weighted by Crippen LogP contribution is -2.14.